The largest absolute Gasteiger partial charge is 0.378 e. The van der Waals surface area contributed by atoms with E-state index in [1.54, 1.807) is 25.1 Å². The lowest BCUT2D eigenvalue weighted by Gasteiger charge is -2.13. The Kier molecular flexibility index (Phi) is 5.81. The molecule has 1 heterocycles. The molecule has 0 aliphatic rings. The number of sulfonamides is 1. The summed E-state index contributed by atoms with van der Waals surface area (Å²) in [6.07, 6.45) is 0.623. The molecule has 0 bridgehead atoms. The summed E-state index contributed by atoms with van der Waals surface area (Å²) in [5.74, 6) is 0.895. The van der Waals surface area contributed by atoms with E-state index in [1.165, 1.54) is 0 Å². The van der Waals surface area contributed by atoms with Gasteiger partial charge in [-0.1, -0.05) is 36.3 Å². The fourth-order valence-electron chi connectivity index (χ4n) is 2.71. The molecule has 7 nitrogen and oxygen atoms in total. The second-order valence-electron chi connectivity index (χ2n) is 6.73. The van der Waals surface area contributed by atoms with Gasteiger partial charge in [-0.15, -0.1) is 0 Å². The molecule has 28 heavy (non-hydrogen) atoms. The zero-order valence-corrected chi connectivity index (χ0v) is 17.2. The number of anilines is 1. The van der Waals surface area contributed by atoms with Crippen LogP contribution in [-0.2, 0) is 23.0 Å². The standard InChI is InChI=1S/C20H24N4O3S/c1-5-19-22-20(23-27-19)16-9-6-14(2)18(12-16)28(25,26)21-13-15-7-10-17(11-8-15)24(3)4/h6-12,21H,5,13H2,1-4H3. The van der Waals surface area contributed by atoms with Gasteiger partial charge >= 0.3 is 0 Å². The van der Waals surface area contributed by atoms with E-state index in [4.69, 9.17) is 4.52 Å². The van der Waals surface area contributed by atoms with Crippen LogP contribution in [0.1, 0.15) is 23.9 Å². The number of nitrogens with one attached hydrogen (secondary N) is 1. The number of benzene rings is 2. The maximum absolute atomic E-state index is 12.9. The van der Waals surface area contributed by atoms with Gasteiger partial charge in [-0.2, -0.15) is 4.98 Å². The molecule has 0 fully saturated rings. The second kappa shape index (κ2) is 8.12. The molecule has 8 heteroatoms. The summed E-state index contributed by atoms with van der Waals surface area (Å²) < 4.78 is 33.5. The molecule has 0 radical (unpaired) electrons. The molecule has 0 aliphatic carbocycles. The molecule has 0 unspecified atom stereocenters. The van der Waals surface area contributed by atoms with E-state index in [-0.39, 0.29) is 11.4 Å². The Morgan fingerprint density at radius 2 is 1.82 bits per heavy atom. The van der Waals surface area contributed by atoms with Gasteiger partial charge in [0, 0.05) is 38.3 Å². The molecule has 2 aromatic carbocycles. The van der Waals surface area contributed by atoms with E-state index in [2.05, 4.69) is 14.9 Å². The Morgan fingerprint density at radius 3 is 2.43 bits per heavy atom. The van der Waals surface area contributed by atoms with Gasteiger partial charge < -0.3 is 9.42 Å². The Balaban J connectivity index is 1.81. The molecule has 1 N–H and O–H groups in total. The molecule has 0 saturated carbocycles. The Bertz CT molecular complexity index is 1060. The highest BCUT2D eigenvalue weighted by Crippen LogP contribution is 2.23. The van der Waals surface area contributed by atoms with Crippen LogP contribution in [0.5, 0.6) is 0 Å². The average molecular weight is 401 g/mol. The van der Waals surface area contributed by atoms with E-state index in [0.717, 1.165) is 11.3 Å². The first kappa shape index (κ1) is 20.0. The summed E-state index contributed by atoms with van der Waals surface area (Å²) in [5.41, 5.74) is 3.19. The Morgan fingerprint density at radius 1 is 1.11 bits per heavy atom. The van der Waals surface area contributed by atoms with E-state index in [1.807, 2.05) is 50.2 Å². The third-order valence-electron chi connectivity index (χ3n) is 4.43. The van der Waals surface area contributed by atoms with Crippen molar-refractivity contribution >= 4 is 15.7 Å². The van der Waals surface area contributed by atoms with Crippen molar-refractivity contribution in [2.45, 2.75) is 31.7 Å². The zero-order chi connectivity index (χ0) is 20.3. The van der Waals surface area contributed by atoms with Gasteiger partial charge in [0.05, 0.1) is 4.90 Å². The highest BCUT2D eigenvalue weighted by Gasteiger charge is 2.19. The molecule has 148 valence electrons. The maximum Gasteiger partial charge on any atom is 0.241 e. The number of hydrogen-bond acceptors (Lipinski definition) is 6. The number of aromatic nitrogens is 2. The topological polar surface area (TPSA) is 88.3 Å². The van der Waals surface area contributed by atoms with Crippen molar-refractivity contribution in [2.75, 3.05) is 19.0 Å². The van der Waals surface area contributed by atoms with Crippen LogP contribution in [-0.4, -0.2) is 32.7 Å². The van der Waals surface area contributed by atoms with Crippen molar-refractivity contribution in [3.8, 4) is 11.4 Å². The molecular weight excluding hydrogens is 376 g/mol. The van der Waals surface area contributed by atoms with Gasteiger partial charge in [-0.3, -0.25) is 0 Å². The maximum atomic E-state index is 12.9. The summed E-state index contributed by atoms with van der Waals surface area (Å²) in [5, 5.41) is 3.92. The number of rotatable bonds is 7. The van der Waals surface area contributed by atoms with Crippen molar-refractivity contribution in [3.05, 3.63) is 59.5 Å². The van der Waals surface area contributed by atoms with Crippen molar-refractivity contribution in [1.29, 1.82) is 0 Å². The third kappa shape index (κ3) is 4.40. The first-order valence-corrected chi connectivity index (χ1v) is 10.5. The summed E-state index contributed by atoms with van der Waals surface area (Å²) >= 11 is 0. The molecule has 0 atom stereocenters. The van der Waals surface area contributed by atoms with Crippen LogP contribution in [0.25, 0.3) is 11.4 Å². The lowest BCUT2D eigenvalue weighted by molar-refractivity contribution is 0.383. The van der Waals surface area contributed by atoms with Gasteiger partial charge in [0.25, 0.3) is 0 Å². The monoisotopic (exact) mass is 400 g/mol. The Hall–Kier alpha value is -2.71. The second-order valence-corrected chi connectivity index (χ2v) is 8.47. The molecule has 0 amide bonds. The zero-order valence-electron chi connectivity index (χ0n) is 16.4. The third-order valence-corrected chi connectivity index (χ3v) is 5.97. The molecule has 0 aliphatic heterocycles. The van der Waals surface area contributed by atoms with Crippen LogP contribution in [0.4, 0.5) is 5.69 Å². The van der Waals surface area contributed by atoms with Crippen LogP contribution in [0.15, 0.2) is 51.9 Å². The summed E-state index contributed by atoms with van der Waals surface area (Å²) in [6.45, 7) is 3.89. The van der Waals surface area contributed by atoms with Crippen molar-refractivity contribution in [3.63, 3.8) is 0 Å². The van der Waals surface area contributed by atoms with Gasteiger partial charge in [0.2, 0.25) is 21.7 Å². The predicted molar refractivity (Wildman–Crippen MR) is 109 cm³/mol. The van der Waals surface area contributed by atoms with Crippen LogP contribution >= 0.6 is 0 Å². The van der Waals surface area contributed by atoms with Gasteiger partial charge in [0.1, 0.15) is 0 Å². The van der Waals surface area contributed by atoms with Gasteiger partial charge in [-0.25, -0.2) is 13.1 Å². The average Bonchev–Trinajstić information content (AvgIpc) is 3.16. The normalized spacial score (nSPS) is 11.6. The van der Waals surface area contributed by atoms with Crippen molar-refractivity contribution < 1.29 is 12.9 Å². The van der Waals surface area contributed by atoms with Crippen LogP contribution < -0.4 is 9.62 Å². The quantitative estimate of drug-likeness (QED) is 0.655. The predicted octanol–water partition coefficient (Wildman–Crippen LogP) is 3.15. The van der Waals surface area contributed by atoms with Crippen LogP contribution in [0.2, 0.25) is 0 Å². The number of aryl methyl sites for hydroxylation is 2. The molecule has 1 aromatic heterocycles. The fraction of sp³-hybridized carbons (Fsp3) is 0.300. The first-order chi connectivity index (χ1) is 13.3. The minimum atomic E-state index is -3.69. The minimum absolute atomic E-state index is 0.206. The van der Waals surface area contributed by atoms with Crippen molar-refractivity contribution in [2.24, 2.45) is 0 Å². The van der Waals surface area contributed by atoms with E-state index < -0.39 is 10.0 Å². The lowest BCUT2D eigenvalue weighted by atomic mass is 10.1. The number of hydrogen-bond donors (Lipinski definition) is 1. The Labute approximate surface area is 165 Å². The molecule has 3 aromatic rings. The van der Waals surface area contributed by atoms with Gasteiger partial charge in [0.15, 0.2) is 0 Å². The summed E-state index contributed by atoms with van der Waals surface area (Å²) in [6, 6.07) is 12.8. The molecule has 0 spiro atoms. The fourth-order valence-corrected chi connectivity index (χ4v) is 4.00. The van der Waals surface area contributed by atoms with E-state index >= 15 is 0 Å². The molecule has 0 saturated heterocycles. The SMILES string of the molecule is CCc1nc(-c2ccc(C)c(S(=O)(=O)NCc3ccc(N(C)C)cc3)c2)no1. The summed E-state index contributed by atoms with van der Waals surface area (Å²) in [4.78, 5) is 6.47. The van der Waals surface area contributed by atoms with Crippen LogP contribution in [0.3, 0.4) is 0 Å². The molecular formula is C20H24N4O3S. The highest BCUT2D eigenvalue weighted by atomic mass is 32.2. The van der Waals surface area contributed by atoms with Gasteiger partial charge in [-0.05, 0) is 36.2 Å². The molecule has 3 rings (SSSR count). The highest BCUT2D eigenvalue weighted by molar-refractivity contribution is 7.89. The first-order valence-electron chi connectivity index (χ1n) is 8.99. The minimum Gasteiger partial charge on any atom is -0.378 e. The van der Waals surface area contributed by atoms with Crippen LogP contribution in [0, 0.1) is 6.92 Å². The van der Waals surface area contributed by atoms with E-state index in [0.29, 0.717) is 29.3 Å². The number of nitrogens with zero attached hydrogens (tertiary/aromatic N) is 3. The van der Waals surface area contributed by atoms with E-state index in [9.17, 15) is 8.42 Å². The summed E-state index contributed by atoms with van der Waals surface area (Å²) in [7, 11) is 0.227. The van der Waals surface area contributed by atoms with Crippen molar-refractivity contribution in [1.82, 2.24) is 14.9 Å². The smallest absolute Gasteiger partial charge is 0.241 e. The lowest BCUT2D eigenvalue weighted by Crippen LogP contribution is -2.24.